The zero-order valence-corrected chi connectivity index (χ0v) is 9.31. The van der Waals surface area contributed by atoms with Crippen LogP contribution in [0.15, 0.2) is 4.99 Å². The van der Waals surface area contributed by atoms with Crippen molar-refractivity contribution in [2.75, 3.05) is 0 Å². The summed E-state index contributed by atoms with van der Waals surface area (Å²) in [7, 11) is 0. The molecule has 0 heterocycles. The Morgan fingerprint density at radius 1 is 1.46 bits per heavy atom. The Kier molecular flexibility index (Phi) is 2.30. The van der Waals surface area contributed by atoms with Gasteiger partial charge in [-0.3, -0.25) is 0 Å². The van der Waals surface area contributed by atoms with Gasteiger partial charge in [-0.05, 0) is 32.6 Å². The van der Waals surface area contributed by atoms with Gasteiger partial charge in [-0.2, -0.15) is 0 Å². The largest absolute Gasteiger partial charge is 0.370 e. The van der Waals surface area contributed by atoms with E-state index < -0.39 is 0 Å². The highest BCUT2D eigenvalue weighted by Gasteiger charge is 2.46. The molecule has 1 aliphatic carbocycles. The van der Waals surface area contributed by atoms with Gasteiger partial charge in [0.2, 0.25) is 0 Å². The summed E-state index contributed by atoms with van der Waals surface area (Å²) in [5, 5.41) is 3.16. The quantitative estimate of drug-likeness (QED) is 0.478. The van der Waals surface area contributed by atoms with Crippen molar-refractivity contribution in [3.8, 4) is 0 Å². The first-order valence-corrected chi connectivity index (χ1v) is 4.82. The van der Waals surface area contributed by atoms with Crippen molar-refractivity contribution in [2.24, 2.45) is 16.1 Å². The van der Waals surface area contributed by atoms with Crippen molar-refractivity contribution >= 4 is 5.96 Å². The van der Waals surface area contributed by atoms with Crippen LogP contribution >= 0.6 is 0 Å². The summed E-state index contributed by atoms with van der Waals surface area (Å²) in [6.45, 7) is 10.7. The maximum atomic E-state index is 5.76. The highest BCUT2D eigenvalue weighted by Crippen LogP contribution is 2.47. The maximum Gasteiger partial charge on any atom is 0.189 e. The fraction of sp³-hybridized carbons (Fsp3) is 0.900. The minimum Gasteiger partial charge on any atom is -0.370 e. The van der Waals surface area contributed by atoms with Crippen molar-refractivity contribution in [2.45, 2.75) is 52.6 Å². The van der Waals surface area contributed by atoms with Gasteiger partial charge in [0.15, 0.2) is 5.96 Å². The predicted molar refractivity (Wildman–Crippen MR) is 56.7 cm³/mol. The van der Waals surface area contributed by atoms with Gasteiger partial charge in [0.25, 0.3) is 0 Å². The highest BCUT2D eigenvalue weighted by atomic mass is 15.1. The van der Waals surface area contributed by atoms with E-state index in [1.54, 1.807) is 0 Å². The zero-order chi connectivity index (χ0) is 10.3. The fourth-order valence-electron chi connectivity index (χ4n) is 1.24. The second kappa shape index (κ2) is 2.89. The molecule has 0 amide bonds. The third-order valence-electron chi connectivity index (χ3n) is 2.26. The number of aliphatic imine (C=N–C) groups is 1. The van der Waals surface area contributed by atoms with Crippen LogP contribution in [-0.4, -0.2) is 17.5 Å². The predicted octanol–water partition coefficient (Wildman–Crippen LogP) is 1.49. The summed E-state index contributed by atoms with van der Waals surface area (Å²) in [6.07, 6.45) is 1.15. The molecule has 1 saturated carbocycles. The van der Waals surface area contributed by atoms with Crippen LogP contribution in [0.2, 0.25) is 0 Å². The average Bonchev–Trinajstić information content (AvgIpc) is 2.32. The van der Waals surface area contributed by atoms with Crippen LogP contribution in [0.25, 0.3) is 0 Å². The summed E-state index contributed by atoms with van der Waals surface area (Å²) < 4.78 is 0. The second-order valence-corrected chi connectivity index (χ2v) is 5.60. The molecule has 1 atom stereocenters. The molecule has 1 aliphatic rings. The van der Waals surface area contributed by atoms with E-state index in [9.17, 15) is 0 Å². The van der Waals surface area contributed by atoms with Gasteiger partial charge < -0.3 is 11.1 Å². The van der Waals surface area contributed by atoms with E-state index in [0.717, 1.165) is 6.42 Å². The van der Waals surface area contributed by atoms with Crippen LogP contribution < -0.4 is 11.1 Å². The molecule has 1 rings (SSSR count). The van der Waals surface area contributed by atoms with Crippen LogP contribution in [0.4, 0.5) is 0 Å². The Morgan fingerprint density at radius 2 is 1.92 bits per heavy atom. The highest BCUT2D eigenvalue weighted by molar-refractivity contribution is 5.79. The molecule has 3 N–H and O–H groups in total. The van der Waals surface area contributed by atoms with Crippen molar-refractivity contribution in [3.05, 3.63) is 0 Å². The van der Waals surface area contributed by atoms with Crippen molar-refractivity contribution in [1.82, 2.24) is 5.32 Å². The first kappa shape index (κ1) is 10.4. The number of rotatable bonds is 1. The molecule has 0 radical (unpaired) electrons. The van der Waals surface area contributed by atoms with E-state index in [4.69, 9.17) is 5.73 Å². The van der Waals surface area contributed by atoms with E-state index in [1.165, 1.54) is 0 Å². The molecular formula is C10H21N3. The molecule has 0 aromatic rings. The molecule has 0 aliphatic heterocycles. The van der Waals surface area contributed by atoms with Gasteiger partial charge in [0.05, 0.1) is 6.04 Å². The van der Waals surface area contributed by atoms with Crippen molar-refractivity contribution in [1.29, 1.82) is 0 Å². The molecule has 0 saturated heterocycles. The lowest BCUT2D eigenvalue weighted by Gasteiger charge is -2.21. The Morgan fingerprint density at radius 3 is 2.23 bits per heavy atom. The van der Waals surface area contributed by atoms with Gasteiger partial charge in [0, 0.05) is 5.54 Å². The summed E-state index contributed by atoms with van der Waals surface area (Å²) >= 11 is 0. The normalized spacial score (nSPS) is 27.2. The first-order valence-electron chi connectivity index (χ1n) is 4.82. The van der Waals surface area contributed by atoms with Crippen LogP contribution in [0.5, 0.6) is 0 Å². The number of hydrogen-bond donors (Lipinski definition) is 2. The van der Waals surface area contributed by atoms with Crippen molar-refractivity contribution in [3.63, 3.8) is 0 Å². The number of nitrogens with zero attached hydrogens (tertiary/aromatic N) is 1. The molecule has 0 spiro atoms. The van der Waals surface area contributed by atoms with Crippen LogP contribution in [-0.2, 0) is 0 Å². The summed E-state index contributed by atoms with van der Waals surface area (Å²) in [5.41, 5.74) is 6.13. The molecular weight excluding hydrogens is 162 g/mol. The van der Waals surface area contributed by atoms with E-state index in [-0.39, 0.29) is 5.54 Å². The lowest BCUT2D eigenvalue weighted by atomic mass is 10.1. The lowest BCUT2D eigenvalue weighted by molar-refractivity contribution is 0.506. The summed E-state index contributed by atoms with van der Waals surface area (Å²) in [4.78, 5) is 4.41. The molecule has 0 aromatic carbocycles. The number of nitrogens with one attached hydrogen (secondary N) is 1. The smallest absolute Gasteiger partial charge is 0.189 e. The molecule has 0 bridgehead atoms. The monoisotopic (exact) mass is 183 g/mol. The van der Waals surface area contributed by atoms with Gasteiger partial charge in [-0.1, -0.05) is 13.8 Å². The number of nitrogens with two attached hydrogens (primary N) is 1. The molecule has 3 nitrogen and oxygen atoms in total. The SMILES string of the molecule is CC(C)(C)NC(N)=NC1CC1(C)C. The van der Waals surface area contributed by atoms with E-state index in [0.29, 0.717) is 17.4 Å². The van der Waals surface area contributed by atoms with Crippen molar-refractivity contribution < 1.29 is 0 Å². The summed E-state index contributed by atoms with van der Waals surface area (Å²) in [6, 6.07) is 0.419. The molecule has 1 fully saturated rings. The third-order valence-corrected chi connectivity index (χ3v) is 2.26. The third kappa shape index (κ3) is 3.25. The van der Waals surface area contributed by atoms with Gasteiger partial charge >= 0.3 is 0 Å². The Hall–Kier alpha value is -0.730. The number of guanidine groups is 1. The molecule has 1 unspecified atom stereocenters. The van der Waals surface area contributed by atoms with Crippen LogP contribution in [0, 0.1) is 5.41 Å². The second-order valence-electron chi connectivity index (χ2n) is 5.60. The topological polar surface area (TPSA) is 50.4 Å². The zero-order valence-electron chi connectivity index (χ0n) is 9.31. The number of hydrogen-bond acceptors (Lipinski definition) is 1. The fourth-order valence-corrected chi connectivity index (χ4v) is 1.24. The van der Waals surface area contributed by atoms with Crippen LogP contribution in [0.1, 0.15) is 41.0 Å². The van der Waals surface area contributed by atoms with Gasteiger partial charge in [-0.25, -0.2) is 4.99 Å². The minimum absolute atomic E-state index is 0.00656. The van der Waals surface area contributed by atoms with E-state index in [2.05, 4.69) is 44.9 Å². The van der Waals surface area contributed by atoms with Crippen LogP contribution in [0.3, 0.4) is 0 Å². The Labute approximate surface area is 80.8 Å². The maximum absolute atomic E-state index is 5.76. The summed E-state index contributed by atoms with van der Waals surface area (Å²) in [5.74, 6) is 0.572. The first-order chi connectivity index (χ1) is 5.71. The lowest BCUT2D eigenvalue weighted by Crippen LogP contribution is -2.45. The molecule has 3 heteroatoms. The average molecular weight is 183 g/mol. The van der Waals surface area contributed by atoms with Gasteiger partial charge in [0.1, 0.15) is 0 Å². The Bertz CT molecular complexity index is 223. The van der Waals surface area contributed by atoms with E-state index in [1.807, 2.05) is 0 Å². The molecule has 76 valence electrons. The molecule has 13 heavy (non-hydrogen) atoms. The minimum atomic E-state index is 0.00656. The Balaban J connectivity index is 2.45. The standard InChI is InChI=1S/C10H21N3/c1-9(2,3)13-8(11)12-7-6-10(7,4)5/h7H,6H2,1-5H3,(H3,11,12,13). The molecule has 0 aromatic heterocycles. The van der Waals surface area contributed by atoms with Gasteiger partial charge in [-0.15, -0.1) is 0 Å². The van der Waals surface area contributed by atoms with E-state index >= 15 is 0 Å².